The molecule has 0 fully saturated rings. The molecule has 0 bridgehead atoms. The van der Waals surface area contributed by atoms with Gasteiger partial charge in [0.1, 0.15) is 23.2 Å². The van der Waals surface area contributed by atoms with Crippen LogP contribution in [0.25, 0.3) is 5.76 Å². The third-order valence-corrected chi connectivity index (χ3v) is 4.47. The predicted molar refractivity (Wildman–Crippen MR) is 97.3 cm³/mol. The first-order valence-electron chi connectivity index (χ1n) is 8.69. The van der Waals surface area contributed by atoms with Gasteiger partial charge in [-0.15, -0.1) is 0 Å². The Hall–Kier alpha value is -2.89. The standard InChI is InChI=1S/C21H22O6/c1-20(2,3)27-19(24)21-16(23)12-15(13-8-6-5-7-9-13)26-18(21)11-14(22)10-17(21)25-4/h5-10,12,18H,11H2,1-4H3/t18-,21-/m0/s1. The second kappa shape index (κ2) is 6.68. The number of methoxy groups -OCH3 is 1. The Morgan fingerprint density at radius 2 is 1.81 bits per heavy atom. The zero-order valence-corrected chi connectivity index (χ0v) is 15.8. The Labute approximate surface area is 157 Å². The summed E-state index contributed by atoms with van der Waals surface area (Å²) in [7, 11) is 1.32. The number of hydrogen-bond donors (Lipinski definition) is 0. The van der Waals surface area contributed by atoms with Gasteiger partial charge in [0.2, 0.25) is 5.41 Å². The Morgan fingerprint density at radius 3 is 2.41 bits per heavy atom. The molecule has 1 aliphatic carbocycles. The van der Waals surface area contributed by atoms with E-state index in [4.69, 9.17) is 14.2 Å². The van der Waals surface area contributed by atoms with Crippen LogP contribution in [0.15, 0.2) is 48.2 Å². The van der Waals surface area contributed by atoms with Crippen molar-refractivity contribution in [2.24, 2.45) is 5.41 Å². The summed E-state index contributed by atoms with van der Waals surface area (Å²) in [4.78, 5) is 38.5. The van der Waals surface area contributed by atoms with Gasteiger partial charge >= 0.3 is 5.97 Å². The average molecular weight is 370 g/mol. The summed E-state index contributed by atoms with van der Waals surface area (Å²) in [6.07, 6.45) is 1.30. The smallest absolute Gasteiger partial charge is 0.332 e. The van der Waals surface area contributed by atoms with E-state index in [2.05, 4.69) is 0 Å². The first-order chi connectivity index (χ1) is 12.7. The maximum atomic E-state index is 13.2. The number of benzene rings is 1. The van der Waals surface area contributed by atoms with Gasteiger partial charge in [-0.3, -0.25) is 14.4 Å². The van der Waals surface area contributed by atoms with Gasteiger partial charge in [-0.1, -0.05) is 30.3 Å². The highest BCUT2D eigenvalue weighted by atomic mass is 16.6. The van der Waals surface area contributed by atoms with Crippen molar-refractivity contribution in [2.75, 3.05) is 7.11 Å². The van der Waals surface area contributed by atoms with Crippen molar-refractivity contribution in [1.82, 2.24) is 0 Å². The SMILES string of the molecule is COC1=CC(=O)C[C@@H]2OC(c3ccccc3)=CC(=O)[C@]12C(=O)OC(C)(C)C. The molecule has 0 aromatic heterocycles. The zero-order valence-electron chi connectivity index (χ0n) is 15.8. The number of ketones is 2. The first-order valence-corrected chi connectivity index (χ1v) is 8.69. The number of hydrogen-bond acceptors (Lipinski definition) is 6. The monoisotopic (exact) mass is 370 g/mol. The number of carbonyl (C=O) groups excluding carboxylic acids is 3. The lowest BCUT2D eigenvalue weighted by atomic mass is 9.69. The second-order valence-electron chi connectivity index (χ2n) is 7.54. The van der Waals surface area contributed by atoms with Crippen molar-refractivity contribution in [3.05, 3.63) is 53.8 Å². The number of esters is 1. The van der Waals surface area contributed by atoms with E-state index in [9.17, 15) is 14.4 Å². The van der Waals surface area contributed by atoms with Gasteiger partial charge in [-0.2, -0.15) is 0 Å². The third kappa shape index (κ3) is 3.27. The molecule has 6 heteroatoms. The van der Waals surface area contributed by atoms with Gasteiger partial charge in [0.25, 0.3) is 0 Å². The van der Waals surface area contributed by atoms with E-state index in [-0.39, 0.29) is 18.0 Å². The van der Waals surface area contributed by atoms with Crippen molar-refractivity contribution in [1.29, 1.82) is 0 Å². The van der Waals surface area contributed by atoms with Crippen molar-refractivity contribution in [3.63, 3.8) is 0 Å². The highest BCUT2D eigenvalue weighted by molar-refractivity contribution is 6.17. The van der Waals surface area contributed by atoms with Crippen molar-refractivity contribution in [2.45, 2.75) is 38.9 Å². The molecule has 1 aliphatic heterocycles. The highest BCUT2D eigenvalue weighted by Gasteiger charge is 2.63. The van der Waals surface area contributed by atoms with Crippen LogP contribution in [0.3, 0.4) is 0 Å². The Kier molecular flexibility index (Phi) is 4.68. The summed E-state index contributed by atoms with van der Waals surface area (Å²) >= 11 is 0. The molecule has 142 valence electrons. The van der Waals surface area contributed by atoms with E-state index < -0.39 is 28.9 Å². The average Bonchev–Trinajstić information content (AvgIpc) is 2.59. The Morgan fingerprint density at radius 1 is 1.15 bits per heavy atom. The molecule has 0 spiro atoms. The molecule has 1 aromatic carbocycles. The summed E-state index contributed by atoms with van der Waals surface area (Å²) in [6, 6.07) is 9.04. The molecule has 0 N–H and O–H groups in total. The summed E-state index contributed by atoms with van der Waals surface area (Å²) in [5.74, 6) is -1.32. The molecule has 0 saturated heterocycles. The molecular formula is C21H22O6. The van der Waals surface area contributed by atoms with Gasteiger partial charge in [0.05, 0.1) is 7.11 Å². The Balaban J connectivity index is 2.14. The topological polar surface area (TPSA) is 78.9 Å². The molecule has 0 saturated carbocycles. The van der Waals surface area contributed by atoms with Crippen LogP contribution < -0.4 is 0 Å². The fourth-order valence-electron chi connectivity index (χ4n) is 3.31. The first kappa shape index (κ1) is 18.9. The van der Waals surface area contributed by atoms with Crippen LogP contribution in [0.4, 0.5) is 0 Å². The molecule has 6 nitrogen and oxygen atoms in total. The van der Waals surface area contributed by atoms with Gasteiger partial charge in [-0.05, 0) is 20.8 Å². The maximum Gasteiger partial charge on any atom is 0.332 e. The van der Waals surface area contributed by atoms with Gasteiger partial charge in [-0.25, -0.2) is 0 Å². The lowest BCUT2D eigenvalue weighted by Crippen LogP contribution is -2.57. The van der Waals surface area contributed by atoms with Crippen LogP contribution >= 0.6 is 0 Å². The minimum absolute atomic E-state index is 0.0497. The van der Waals surface area contributed by atoms with Crippen LogP contribution in [0.2, 0.25) is 0 Å². The van der Waals surface area contributed by atoms with E-state index in [1.165, 1.54) is 19.3 Å². The van der Waals surface area contributed by atoms with E-state index in [0.29, 0.717) is 11.3 Å². The van der Waals surface area contributed by atoms with Crippen molar-refractivity contribution in [3.8, 4) is 0 Å². The molecule has 2 atom stereocenters. The summed E-state index contributed by atoms with van der Waals surface area (Å²) in [5, 5.41) is 0. The van der Waals surface area contributed by atoms with Crippen LogP contribution in [0.5, 0.6) is 0 Å². The van der Waals surface area contributed by atoms with Gasteiger partial charge in [0.15, 0.2) is 11.6 Å². The fraction of sp³-hybridized carbons (Fsp3) is 0.381. The van der Waals surface area contributed by atoms with E-state index >= 15 is 0 Å². The summed E-state index contributed by atoms with van der Waals surface area (Å²) in [5.41, 5.74) is -1.96. The number of fused-ring (bicyclic) bond motifs is 1. The zero-order chi connectivity index (χ0) is 19.8. The largest absolute Gasteiger partial charge is 0.499 e. The quantitative estimate of drug-likeness (QED) is 0.601. The second-order valence-corrected chi connectivity index (χ2v) is 7.54. The van der Waals surface area contributed by atoms with Gasteiger partial charge in [0, 0.05) is 24.1 Å². The normalized spacial score (nSPS) is 25.0. The van der Waals surface area contributed by atoms with Crippen LogP contribution in [0.1, 0.15) is 32.8 Å². The number of allylic oxidation sites excluding steroid dienone is 2. The summed E-state index contributed by atoms with van der Waals surface area (Å²) < 4.78 is 16.8. The maximum absolute atomic E-state index is 13.2. The van der Waals surface area contributed by atoms with Crippen molar-refractivity contribution < 1.29 is 28.6 Å². The van der Waals surface area contributed by atoms with E-state index in [1.807, 2.05) is 18.2 Å². The lowest BCUT2D eigenvalue weighted by molar-refractivity contribution is -0.178. The molecule has 2 aliphatic rings. The van der Waals surface area contributed by atoms with Gasteiger partial charge < -0.3 is 14.2 Å². The molecule has 1 aromatic rings. The van der Waals surface area contributed by atoms with E-state index in [1.54, 1.807) is 32.9 Å². The molecule has 0 radical (unpaired) electrons. The molecule has 1 heterocycles. The number of carbonyl (C=O) groups is 3. The molecule has 0 amide bonds. The minimum Gasteiger partial charge on any atom is -0.499 e. The van der Waals surface area contributed by atoms with Crippen LogP contribution in [0, 0.1) is 5.41 Å². The van der Waals surface area contributed by atoms with E-state index in [0.717, 1.165) is 0 Å². The fourth-order valence-corrected chi connectivity index (χ4v) is 3.31. The molecule has 3 rings (SSSR count). The minimum atomic E-state index is -1.83. The number of rotatable bonds is 3. The third-order valence-electron chi connectivity index (χ3n) is 4.47. The molecular weight excluding hydrogens is 348 g/mol. The van der Waals surface area contributed by atoms with Crippen LogP contribution in [-0.4, -0.2) is 36.4 Å². The van der Waals surface area contributed by atoms with Crippen LogP contribution in [-0.2, 0) is 28.6 Å². The highest BCUT2D eigenvalue weighted by Crippen LogP contribution is 2.47. The predicted octanol–water partition coefficient (Wildman–Crippen LogP) is 2.83. The molecule has 0 unspecified atom stereocenters. The summed E-state index contributed by atoms with van der Waals surface area (Å²) in [6.45, 7) is 5.13. The lowest BCUT2D eigenvalue weighted by Gasteiger charge is -2.43. The number of ether oxygens (including phenoxy) is 3. The molecule has 27 heavy (non-hydrogen) atoms. The Bertz CT molecular complexity index is 843. The van der Waals surface area contributed by atoms with Crippen molar-refractivity contribution >= 4 is 23.3 Å².